The van der Waals surface area contributed by atoms with Crippen LogP contribution in [-0.4, -0.2) is 12.5 Å². The zero-order valence-corrected chi connectivity index (χ0v) is 10.9. The predicted octanol–water partition coefficient (Wildman–Crippen LogP) is 3.71. The molecule has 0 radical (unpaired) electrons. The molecule has 1 N–H and O–H groups in total. The van der Waals surface area contributed by atoms with Crippen LogP contribution < -0.4 is 10.1 Å². The Morgan fingerprint density at radius 1 is 1.32 bits per heavy atom. The van der Waals surface area contributed by atoms with Gasteiger partial charge in [0.1, 0.15) is 5.75 Å². The number of furan rings is 1. The second kappa shape index (κ2) is 6.64. The van der Waals surface area contributed by atoms with Gasteiger partial charge < -0.3 is 14.5 Å². The third-order valence-electron chi connectivity index (χ3n) is 2.63. The molecule has 0 aliphatic carbocycles. The Hall–Kier alpha value is -2.23. The summed E-state index contributed by atoms with van der Waals surface area (Å²) in [6.45, 7) is 3.05. The number of benzene rings is 1. The van der Waals surface area contributed by atoms with Gasteiger partial charge in [0.2, 0.25) is 5.76 Å². The Balaban J connectivity index is 1.97. The number of carbonyl (C=O) groups excluding carboxylic acids is 1. The Labute approximate surface area is 112 Å². The fraction of sp³-hybridized carbons (Fsp3) is 0.267. The van der Waals surface area contributed by atoms with Crippen molar-refractivity contribution in [2.75, 3.05) is 11.9 Å². The summed E-state index contributed by atoms with van der Waals surface area (Å²) in [6.07, 6.45) is 3.69. The monoisotopic (exact) mass is 259 g/mol. The highest BCUT2D eigenvalue weighted by Crippen LogP contribution is 2.18. The summed E-state index contributed by atoms with van der Waals surface area (Å²) in [6, 6.07) is 10.6. The molecule has 0 fully saturated rings. The molecule has 2 rings (SSSR count). The fourth-order valence-electron chi connectivity index (χ4n) is 1.63. The summed E-state index contributed by atoms with van der Waals surface area (Å²) in [5, 5.41) is 3.28. The third kappa shape index (κ3) is 3.88. The highest BCUT2D eigenvalue weighted by Gasteiger charge is 2.11. The van der Waals surface area contributed by atoms with E-state index in [2.05, 4.69) is 12.2 Å². The maximum absolute atomic E-state index is 11.7. The van der Waals surface area contributed by atoms with E-state index >= 15 is 0 Å². The summed E-state index contributed by atoms with van der Waals surface area (Å²) in [5.74, 6) is 0.211. The van der Waals surface area contributed by atoms with Crippen LogP contribution in [0.15, 0.2) is 47.1 Å². The highest BCUT2D eigenvalue weighted by atomic mass is 16.5. The number of unbranched alkanes of at least 4 members (excludes halogenated alkanes) is 1. The molecule has 0 spiro atoms. The van der Waals surface area contributed by atoms with Crippen molar-refractivity contribution in [2.24, 2.45) is 0 Å². The van der Waals surface area contributed by atoms with Crippen LogP contribution in [0, 0.1) is 0 Å². The van der Waals surface area contributed by atoms with Crippen LogP contribution in [-0.2, 0) is 0 Å². The van der Waals surface area contributed by atoms with Crippen LogP contribution in [0.4, 0.5) is 5.69 Å². The number of esters is 1. The van der Waals surface area contributed by atoms with Gasteiger partial charge in [-0.1, -0.05) is 19.4 Å². The molecule has 0 unspecified atom stereocenters. The van der Waals surface area contributed by atoms with Gasteiger partial charge in [0, 0.05) is 18.3 Å². The summed E-state index contributed by atoms with van der Waals surface area (Å²) in [4.78, 5) is 11.7. The lowest BCUT2D eigenvalue weighted by atomic mass is 10.3. The Morgan fingerprint density at radius 3 is 2.95 bits per heavy atom. The lowest BCUT2D eigenvalue weighted by Gasteiger charge is -2.07. The molecule has 0 aliphatic heterocycles. The molecule has 1 aromatic heterocycles. The molecular weight excluding hydrogens is 242 g/mol. The minimum Gasteiger partial charge on any atom is -0.457 e. The zero-order chi connectivity index (χ0) is 13.5. The number of carbonyl (C=O) groups is 1. The topological polar surface area (TPSA) is 51.5 Å². The van der Waals surface area contributed by atoms with Gasteiger partial charge in [-0.15, -0.1) is 0 Å². The predicted molar refractivity (Wildman–Crippen MR) is 73.5 cm³/mol. The van der Waals surface area contributed by atoms with E-state index in [9.17, 15) is 4.79 Å². The Bertz CT molecular complexity index is 520. The molecule has 0 amide bonds. The Morgan fingerprint density at radius 2 is 2.21 bits per heavy atom. The summed E-state index contributed by atoms with van der Waals surface area (Å²) >= 11 is 0. The fourth-order valence-corrected chi connectivity index (χ4v) is 1.63. The minimum absolute atomic E-state index is 0.198. The average molecular weight is 259 g/mol. The Kier molecular flexibility index (Phi) is 4.61. The first-order valence-corrected chi connectivity index (χ1v) is 6.39. The van der Waals surface area contributed by atoms with E-state index in [1.54, 1.807) is 24.3 Å². The molecule has 1 heterocycles. The van der Waals surface area contributed by atoms with Crippen LogP contribution in [0.5, 0.6) is 5.75 Å². The van der Waals surface area contributed by atoms with Crippen LogP contribution in [0.25, 0.3) is 0 Å². The lowest BCUT2D eigenvalue weighted by Crippen LogP contribution is -2.07. The van der Waals surface area contributed by atoms with Gasteiger partial charge >= 0.3 is 5.97 Å². The number of rotatable bonds is 6. The van der Waals surface area contributed by atoms with Crippen molar-refractivity contribution >= 4 is 11.7 Å². The first-order valence-electron chi connectivity index (χ1n) is 6.39. The van der Waals surface area contributed by atoms with E-state index in [-0.39, 0.29) is 5.76 Å². The van der Waals surface area contributed by atoms with E-state index in [4.69, 9.17) is 9.15 Å². The molecule has 4 heteroatoms. The van der Waals surface area contributed by atoms with Crippen LogP contribution in [0.3, 0.4) is 0 Å². The van der Waals surface area contributed by atoms with E-state index < -0.39 is 5.97 Å². The largest absolute Gasteiger partial charge is 0.457 e. The first-order chi connectivity index (χ1) is 9.29. The average Bonchev–Trinajstić information content (AvgIpc) is 2.93. The molecule has 2 aromatic rings. The molecule has 4 nitrogen and oxygen atoms in total. The SMILES string of the molecule is CCCCNc1cccc(OC(=O)c2ccco2)c1. The third-order valence-corrected chi connectivity index (χ3v) is 2.63. The lowest BCUT2D eigenvalue weighted by molar-refractivity contribution is 0.0701. The van der Waals surface area contributed by atoms with Gasteiger partial charge in [-0.2, -0.15) is 0 Å². The van der Waals surface area contributed by atoms with Crippen molar-refractivity contribution in [3.63, 3.8) is 0 Å². The normalized spacial score (nSPS) is 10.2. The minimum atomic E-state index is -0.490. The maximum Gasteiger partial charge on any atom is 0.379 e. The van der Waals surface area contributed by atoms with E-state index in [1.165, 1.54) is 6.26 Å². The second-order valence-electron chi connectivity index (χ2n) is 4.17. The van der Waals surface area contributed by atoms with Crippen molar-refractivity contribution < 1.29 is 13.9 Å². The molecule has 1 aromatic carbocycles. The van der Waals surface area contributed by atoms with Crippen molar-refractivity contribution in [3.8, 4) is 5.75 Å². The molecule has 0 saturated heterocycles. The smallest absolute Gasteiger partial charge is 0.379 e. The number of nitrogens with one attached hydrogen (secondary N) is 1. The molecule has 0 bridgehead atoms. The molecule has 19 heavy (non-hydrogen) atoms. The quantitative estimate of drug-likeness (QED) is 0.488. The van der Waals surface area contributed by atoms with Crippen molar-refractivity contribution in [2.45, 2.75) is 19.8 Å². The van der Waals surface area contributed by atoms with Crippen molar-refractivity contribution in [1.29, 1.82) is 0 Å². The highest BCUT2D eigenvalue weighted by molar-refractivity contribution is 5.88. The number of anilines is 1. The molecule has 100 valence electrons. The van der Waals surface area contributed by atoms with Crippen molar-refractivity contribution in [3.05, 3.63) is 48.4 Å². The summed E-state index contributed by atoms with van der Waals surface area (Å²) < 4.78 is 10.2. The molecule has 0 saturated carbocycles. The number of hydrogen-bond donors (Lipinski definition) is 1. The first kappa shape index (κ1) is 13.2. The van der Waals surface area contributed by atoms with E-state index in [0.29, 0.717) is 5.75 Å². The van der Waals surface area contributed by atoms with Gasteiger partial charge in [0.25, 0.3) is 0 Å². The standard InChI is InChI=1S/C15H17NO3/c1-2-3-9-16-12-6-4-7-13(11-12)19-15(17)14-8-5-10-18-14/h4-8,10-11,16H,2-3,9H2,1H3. The van der Waals surface area contributed by atoms with E-state index in [0.717, 1.165) is 25.1 Å². The number of hydrogen-bond acceptors (Lipinski definition) is 4. The molecule has 0 atom stereocenters. The van der Waals surface area contributed by atoms with Gasteiger partial charge in [-0.05, 0) is 30.7 Å². The van der Waals surface area contributed by atoms with Gasteiger partial charge in [-0.25, -0.2) is 4.79 Å². The second-order valence-corrected chi connectivity index (χ2v) is 4.17. The van der Waals surface area contributed by atoms with Gasteiger partial charge in [0.15, 0.2) is 0 Å². The van der Waals surface area contributed by atoms with Crippen LogP contribution in [0.1, 0.15) is 30.3 Å². The summed E-state index contributed by atoms with van der Waals surface area (Å²) in [5.41, 5.74) is 0.943. The number of ether oxygens (including phenoxy) is 1. The van der Waals surface area contributed by atoms with E-state index in [1.807, 2.05) is 12.1 Å². The van der Waals surface area contributed by atoms with Crippen LogP contribution >= 0.6 is 0 Å². The van der Waals surface area contributed by atoms with Crippen LogP contribution in [0.2, 0.25) is 0 Å². The van der Waals surface area contributed by atoms with Gasteiger partial charge in [-0.3, -0.25) is 0 Å². The maximum atomic E-state index is 11.7. The van der Waals surface area contributed by atoms with Crippen molar-refractivity contribution in [1.82, 2.24) is 0 Å². The van der Waals surface area contributed by atoms with Gasteiger partial charge in [0.05, 0.1) is 6.26 Å². The molecular formula is C15H17NO3. The molecule has 0 aliphatic rings. The summed E-state index contributed by atoms with van der Waals surface area (Å²) in [7, 11) is 0. The zero-order valence-electron chi connectivity index (χ0n) is 10.9.